The largest absolute Gasteiger partial charge is 0.416 e. The minimum Gasteiger partial charge on any atom is -0.347 e. The van der Waals surface area contributed by atoms with Gasteiger partial charge in [0.15, 0.2) is 6.29 Å². The van der Waals surface area contributed by atoms with Gasteiger partial charge in [-0.25, -0.2) is 0 Å². The van der Waals surface area contributed by atoms with Gasteiger partial charge >= 0.3 is 12.4 Å². The summed E-state index contributed by atoms with van der Waals surface area (Å²) >= 11 is 0. The normalized spacial score (nSPS) is 19.5. The van der Waals surface area contributed by atoms with Crippen LogP contribution in [0.25, 0.3) is 0 Å². The third kappa shape index (κ3) is 8.21. The fourth-order valence-corrected chi connectivity index (χ4v) is 7.16. The molecule has 3 aromatic rings. The Morgan fingerprint density at radius 3 is 2.00 bits per heavy atom. The second kappa shape index (κ2) is 14.6. The molecule has 0 bridgehead atoms. The highest BCUT2D eigenvalue weighted by Crippen LogP contribution is 2.38. The molecule has 5 rings (SSSR count). The van der Waals surface area contributed by atoms with Crippen molar-refractivity contribution in [2.45, 2.75) is 70.1 Å². The van der Waals surface area contributed by atoms with Crippen molar-refractivity contribution in [2.75, 3.05) is 32.7 Å². The third-order valence-electron chi connectivity index (χ3n) is 9.92. The van der Waals surface area contributed by atoms with Crippen molar-refractivity contribution in [2.24, 2.45) is 0 Å². The molecule has 0 spiro atoms. The fourth-order valence-electron chi connectivity index (χ4n) is 7.16. The van der Waals surface area contributed by atoms with Gasteiger partial charge in [-0.1, -0.05) is 48.5 Å². The predicted molar refractivity (Wildman–Crippen MR) is 175 cm³/mol. The number of amides is 2. The molecule has 50 heavy (non-hydrogen) atoms. The molecule has 1 N–H and O–H groups in total. The first kappa shape index (κ1) is 37.0. The molecule has 2 aliphatic rings. The van der Waals surface area contributed by atoms with E-state index in [0.29, 0.717) is 38.1 Å². The summed E-state index contributed by atoms with van der Waals surface area (Å²) in [6.07, 6.45) is -8.76. The number of carbonyl (C=O) groups is 3. The first-order valence-corrected chi connectivity index (χ1v) is 16.4. The molecule has 2 saturated heterocycles. The van der Waals surface area contributed by atoms with Gasteiger partial charge in [-0.3, -0.25) is 19.4 Å². The number of benzene rings is 3. The van der Waals surface area contributed by atoms with E-state index in [1.165, 1.54) is 11.8 Å². The van der Waals surface area contributed by atoms with Gasteiger partial charge in [-0.15, -0.1) is 0 Å². The highest BCUT2D eigenvalue weighted by atomic mass is 19.4. The van der Waals surface area contributed by atoms with Crippen LogP contribution < -0.4 is 5.32 Å². The molecule has 0 aliphatic carbocycles. The van der Waals surface area contributed by atoms with Crippen molar-refractivity contribution in [1.82, 2.24) is 20.0 Å². The first-order chi connectivity index (χ1) is 23.5. The number of hydrogen-bond acceptors (Lipinski definition) is 5. The lowest BCUT2D eigenvalue weighted by Crippen LogP contribution is -2.63. The Kier molecular flexibility index (Phi) is 10.8. The first-order valence-electron chi connectivity index (χ1n) is 16.4. The minimum absolute atomic E-state index is 0.00694. The van der Waals surface area contributed by atoms with E-state index < -0.39 is 52.7 Å². The van der Waals surface area contributed by atoms with Crippen molar-refractivity contribution in [3.05, 3.63) is 106 Å². The van der Waals surface area contributed by atoms with Crippen LogP contribution in [0, 0.1) is 13.8 Å². The highest BCUT2D eigenvalue weighted by Gasteiger charge is 2.43. The number of likely N-dealkylation sites (tertiary alicyclic amines) is 1. The number of piperazine rings is 1. The second-order valence-electron chi connectivity index (χ2n) is 13.3. The van der Waals surface area contributed by atoms with Gasteiger partial charge in [-0.05, 0) is 73.6 Å². The number of nitrogens with zero attached hydrogens (tertiary/aromatic N) is 3. The van der Waals surface area contributed by atoms with Crippen molar-refractivity contribution in [3.63, 3.8) is 0 Å². The van der Waals surface area contributed by atoms with Gasteiger partial charge in [0.05, 0.1) is 16.7 Å². The summed E-state index contributed by atoms with van der Waals surface area (Å²) in [4.78, 5) is 44.1. The van der Waals surface area contributed by atoms with E-state index in [4.69, 9.17) is 0 Å². The molecule has 3 aromatic carbocycles. The Bertz CT molecular complexity index is 1670. The van der Waals surface area contributed by atoms with Crippen LogP contribution in [0.3, 0.4) is 0 Å². The number of aldehydes is 1. The third-order valence-corrected chi connectivity index (χ3v) is 9.92. The van der Waals surface area contributed by atoms with Gasteiger partial charge < -0.3 is 15.0 Å². The number of piperidine rings is 1. The summed E-state index contributed by atoms with van der Waals surface area (Å²) in [6, 6.07) is 15.6. The lowest BCUT2D eigenvalue weighted by Gasteiger charge is -2.49. The lowest BCUT2D eigenvalue weighted by atomic mass is 9.80. The van der Waals surface area contributed by atoms with E-state index in [1.54, 1.807) is 0 Å². The molecule has 0 saturated carbocycles. The molecule has 0 radical (unpaired) electrons. The van der Waals surface area contributed by atoms with Gasteiger partial charge in [0.25, 0.3) is 5.91 Å². The maximum Gasteiger partial charge on any atom is 0.416 e. The second-order valence-corrected chi connectivity index (χ2v) is 13.3. The summed E-state index contributed by atoms with van der Waals surface area (Å²) in [6.45, 7) is 6.54. The van der Waals surface area contributed by atoms with Crippen molar-refractivity contribution >= 4 is 18.1 Å². The van der Waals surface area contributed by atoms with E-state index in [-0.39, 0.29) is 38.0 Å². The van der Waals surface area contributed by atoms with E-state index in [0.717, 1.165) is 28.5 Å². The van der Waals surface area contributed by atoms with Crippen LogP contribution in [-0.4, -0.2) is 77.7 Å². The van der Waals surface area contributed by atoms with Crippen molar-refractivity contribution in [3.8, 4) is 0 Å². The van der Waals surface area contributed by atoms with Crippen LogP contribution in [0.4, 0.5) is 26.3 Å². The number of hydrogen-bond donors (Lipinski definition) is 1. The Labute approximate surface area is 287 Å². The SMILES string of the molecule is CC(=O)NC1(c2ccccc2)CCN(C(C=O)N2CCN(C(=O)c3cc(C(F)(F)F)cc(C(F)(F)F)c3)[C@H](Cc3ccc(C)c(C)c3)C2)CC1. The van der Waals surface area contributed by atoms with E-state index in [2.05, 4.69) is 5.32 Å². The molecular formula is C37H40F6N4O3. The molecule has 2 aliphatic heterocycles. The summed E-state index contributed by atoms with van der Waals surface area (Å²) in [5.74, 6) is -1.12. The Balaban J connectivity index is 1.42. The topological polar surface area (TPSA) is 73.0 Å². The molecule has 2 fully saturated rings. The number of nitrogens with one attached hydrogen (secondary N) is 1. The van der Waals surface area contributed by atoms with Gasteiger partial charge in [0, 0.05) is 51.3 Å². The van der Waals surface area contributed by atoms with Crippen LogP contribution in [-0.2, 0) is 33.9 Å². The average molecular weight is 703 g/mol. The Morgan fingerprint density at radius 1 is 0.840 bits per heavy atom. The van der Waals surface area contributed by atoms with Crippen LogP contribution in [0.1, 0.15) is 63.5 Å². The number of aryl methyl sites for hydroxylation is 2. The van der Waals surface area contributed by atoms with Gasteiger partial charge in [0.1, 0.15) is 6.17 Å². The fraction of sp³-hybridized carbons (Fsp3) is 0.432. The summed E-state index contributed by atoms with van der Waals surface area (Å²) < 4.78 is 82.1. The highest BCUT2D eigenvalue weighted by molar-refractivity contribution is 5.95. The zero-order valence-corrected chi connectivity index (χ0v) is 28.1. The maximum atomic E-state index is 13.9. The predicted octanol–water partition coefficient (Wildman–Crippen LogP) is 6.36. The van der Waals surface area contributed by atoms with E-state index >= 15 is 0 Å². The summed E-state index contributed by atoms with van der Waals surface area (Å²) in [7, 11) is 0. The number of alkyl halides is 6. The molecule has 13 heteroatoms. The van der Waals surface area contributed by atoms with Crippen LogP contribution in [0.5, 0.6) is 0 Å². The molecule has 2 amide bonds. The average Bonchev–Trinajstić information content (AvgIpc) is 3.06. The number of halogens is 6. The molecule has 1 unspecified atom stereocenters. The number of carbonyl (C=O) groups excluding carboxylic acids is 3. The van der Waals surface area contributed by atoms with Crippen LogP contribution in [0.2, 0.25) is 0 Å². The standard InChI is InChI=1S/C37H40F6N4O3/c1-24-9-10-27(17-25(24)2)18-32-22-46(15-16-47(32)34(50)28-19-30(36(38,39)40)21-31(20-28)37(41,42)43)33(23-48)45-13-11-35(12-14-45,44-26(3)49)29-7-5-4-6-8-29/h4-10,17,19-21,23,32-33H,11-16,18,22H2,1-3H3,(H,44,49)/t32-,33?/m1/s1. The van der Waals surface area contributed by atoms with Gasteiger partial charge in [-0.2, -0.15) is 26.3 Å². The van der Waals surface area contributed by atoms with Crippen LogP contribution in [0.15, 0.2) is 66.7 Å². The van der Waals surface area contributed by atoms with Crippen molar-refractivity contribution in [1.29, 1.82) is 0 Å². The molecule has 268 valence electrons. The molecule has 2 atom stereocenters. The summed E-state index contributed by atoms with van der Waals surface area (Å²) in [5.41, 5.74) is -0.622. The maximum absolute atomic E-state index is 13.9. The Morgan fingerprint density at radius 2 is 1.46 bits per heavy atom. The zero-order valence-electron chi connectivity index (χ0n) is 28.1. The summed E-state index contributed by atoms with van der Waals surface area (Å²) in [5, 5.41) is 3.12. The quantitative estimate of drug-likeness (QED) is 0.219. The van der Waals surface area contributed by atoms with Crippen molar-refractivity contribution < 1.29 is 40.7 Å². The molecular weight excluding hydrogens is 662 g/mol. The minimum atomic E-state index is -5.10. The van der Waals surface area contributed by atoms with E-state index in [1.807, 2.05) is 72.2 Å². The van der Waals surface area contributed by atoms with E-state index in [9.17, 15) is 40.7 Å². The zero-order chi connectivity index (χ0) is 36.4. The number of rotatable bonds is 8. The van der Waals surface area contributed by atoms with Gasteiger partial charge in [0.2, 0.25) is 5.91 Å². The lowest BCUT2D eigenvalue weighted by molar-refractivity contribution is -0.143. The monoisotopic (exact) mass is 702 g/mol. The van der Waals surface area contributed by atoms with Crippen LogP contribution >= 0.6 is 0 Å². The smallest absolute Gasteiger partial charge is 0.347 e. The molecule has 7 nitrogen and oxygen atoms in total. The molecule has 2 heterocycles. The Hall–Kier alpha value is -4.23. The molecule has 0 aromatic heterocycles.